The van der Waals surface area contributed by atoms with Crippen molar-refractivity contribution in [1.82, 2.24) is 4.98 Å². The highest BCUT2D eigenvalue weighted by Gasteiger charge is 2.07. The van der Waals surface area contributed by atoms with Gasteiger partial charge in [-0.2, -0.15) is 0 Å². The first-order chi connectivity index (χ1) is 14.6. The SMILES string of the molecule is O=C(/C=C/c1ccc(OCc2ccccc2Cl)cc1)Nc1nc2ccc(F)cc2s1. The van der Waals surface area contributed by atoms with E-state index >= 15 is 0 Å². The molecule has 0 radical (unpaired) electrons. The van der Waals surface area contributed by atoms with Crippen LogP contribution in [-0.4, -0.2) is 10.9 Å². The van der Waals surface area contributed by atoms with Crippen LogP contribution >= 0.6 is 22.9 Å². The fourth-order valence-corrected chi connectivity index (χ4v) is 3.81. The van der Waals surface area contributed by atoms with Crippen molar-refractivity contribution >= 4 is 50.3 Å². The van der Waals surface area contributed by atoms with Crippen LogP contribution in [0.2, 0.25) is 5.02 Å². The van der Waals surface area contributed by atoms with Gasteiger partial charge in [-0.15, -0.1) is 0 Å². The number of hydrogen-bond acceptors (Lipinski definition) is 4. The van der Waals surface area contributed by atoms with E-state index in [0.29, 0.717) is 32.7 Å². The summed E-state index contributed by atoms with van der Waals surface area (Å²) in [5.41, 5.74) is 2.41. The number of fused-ring (bicyclic) bond motifs is 1. The molecule has 0 fully saturated rings. The van der Waals surface area contributed by atoms with E-state index < -0.39 is 0 Å². The first kappa shape index (κ1) is 20.1. The normalized spacial score (nSPS) is 11.1. The number of carbonyl (C=O) groups is 1. The van der Waals surface area contributed by atoms with Crippen molar-refractivity contribution < 1.29 is 13.9 Å². The van der Waals surface area contributed by atoms with E-state index in [1.807, 2.05) is 48.5 Å². The van der Waals surface area contributed by atoms with E-state index in [9.17, 15) is 9.18 Å². The minimum absolute atomic E-state index is 0.312. The number of anilines is 1. The zero-order valence-electron chi connectivity index (χ0n) is 15.6. The number of rotatable bonds is 6. The van der Waals surface area contributed by atoms with Crippen molar-refractivity contribution in [1.29, 1.82) is 0 Å². The summed E-state index contributed by atoms with van der Waals surface area (Å²) >= 11 is 7.35. The lowest BCUT2D eigenvalue weighted by molar-refractivity contribution is -0.111. The molecule has 0 unspecified atom stereocenters. The number of amides is 1. The lowest BCUT2D eigenvalue weighted by Crippen LogP contribution is -2.07. The second-order valence-electron chi connectivity index (χ2n) is 6.40. The number of nitrogens with zero attached hydrogens (tertiary/aromatic N) is 1. The minimum atomic E-state index is -0.330. The molecule has 3 aromatic carbocycles. The fraction of sp³-hybridized carbons (Fsp3) is 0.0435. The molecule has 1 heterocycles. The molecule has 1 amide bonds. The van der Waals surface area contributed by atoms with Crippen LogP contribution in [0.1, 0.15) is 11.1 Å². The van der Waals surface area contributed by atoms with Crippen LogP contribution in [0.5, 0.6) is 5.75 Å². The number of halogens is 2. The van der Waals surface area contributed by atoms with Gasteiger partial charge in [-0.05, 0) is 48.0 Å². The molecule has 30 heavy (non-hydrogen) atoms. The number of ether oxygens (including phenoxy) is 1. The van der Waals surface area contributed by atoms with Gasteiger partial charge in [0.05, 0.1) is 10.2 Å². The van der Waals surface area contributed by atoms with E-state index in [4.69, 9.17) is 16.3 Å². The first-order valence-corrected chi connectivity index (χ1v) is 10.3. The molecule has 7 heteroatoms. The Hall–Kier alpha value is -3.22. The van der Waals surface area contributed by atoms with E-state index in [-0.39, 0.29) is 11.7 Å². The van der Waals surface area contributed by atoms with Gasteiger partial charge in [0, 0.05) is 16.7 Å². The van der Waals surface area contributed by atoms with Crippen molar-refractivity contribution in [3.63, 3.8) is 0 Å². The van der Waals surface area contributed by atoms with Gasteiger partial charge in [0.15, 0.2) is 5.13 Å². The van der Waals surface area contributed by atoms with Crippen LogP contribution in [0.25, 0.3) is 16.3 Å². The number of nitrogens with one attached hydrogen (secondary N) is 1. The Morgan fingerprint density at radius 2 is 1.93 bits per heavy atom. The van der Waals surface area contributed by atoms with Crippen molar-refractivity contribution in [2.45, 2.75) is 6.61 Å². The monoisotopic (exact) mass is 438 g/mol. The molecule has 0 atom stereocenters. The van der Waals surface area contributed by atoms with Crippen molar-refractivity contribution in [3.05, 3.63) is 94.8 Å². The molecule has 0 saturated carbocycles. The molecule has 4 nitrogen and oxygen atoms in total. The summed E-state index contributed by atoms with van der Waals surface area (Å²) in [7, 11) is 0. The molecule has 4 rings (SSSR count). The molecule has 4 aromatic rings. The Morgan fingerprint density at radius 3 is 2.73 bits per heavy atom. The summed E-state index contributed by atoms with van der Waals surface area (Å²) < 4.78 is 19.7. The lowest BCUT2D eigenvalue weighted by Gasteiger charge is -2.07. The third-order valence-corrected chi connectivity index (χ3v) is 5.54. The van der Waals surface area contributed by atoms with E-state index in [1.54, 1.807) is 12.1 Å². The summed E-state index contributed by atoms with van der Waals surface area (Å²) in [6.07, 6.45) is 3.12. The maximum atomic E-state index is 13.3. The van der Waals surface area contributed by atoms with E-state index in [1.165, 1.54) is 29.5 Å². The Balaban J connectivity index is 1.34. The molecule has 0 saturated heterocycles. The number of carbonyl (C=O) groups excluding carboxylic acids is 1. The number of aromatic nitrogens is 1. The molecule has 0 aliphatic rings. The summed E-state index contributed by atoms with van der Waals surface area (Å²) in [6, 6.07) is 19.2. The highest BCUT2D eigenvalue weighted by atomic mass is 35.5. The first-order valence-electron chi connectivity index (χ1n) is 9.08. The maximum absolute atomic E-state index is 13.3. The summed E-state index contributed by atoms with van der Waals surface area (Å²) in [4.78, 5) is 16.4. The predicted molar refractivity (Wildman–Crippen MR) is 119 cm³/mol. The molecular weight excluding hydrogens is 423 g/mol. The van der Waals surface area contributed by atoms with Gasteiger partial charge in [-0.25, -0.2) is 9.37 Å². The fourth-order valence-electron chi connectivity index (χ4n) is 2.72. The van der Waals surface area contributed by atoms with Crippen LogP contribution in [0.3, 0.4) is 0 Å². The summed E-state index contributed by atoms with van der Waals surface area (Å²) in [6.45, 7) is 0.378. The standard InChI is InChI=1S/C23H16ClFN2O2S/c24-19-4-2-1-3-16(19)14-29-18-9-5-15(6-10-18)7-12-22(28)27-23-26-20-11-8-17(25)13-21(20)30-23/h1-13H,14H2,(H,26,27,28)/b12-7+. The molecule has 1 N–H and O–H groups in total. The number of thiazole rings is 1. The van der Waals surface area contributed by atoms with Gasteiger partial charge in [-0.3, -0.25) is 10.1 Å². The third-order valence-electron chi connectivity index (χ3n) is 4.24. The molecule has 0 aliphatic carbocycles. The second kappa shape index (κ2) is 9.07. The molecule has 0 spiro atoms. The van der Waals surface area contributed by atoms with E-state index in [0.717, 1.165) is 11.1 Å². The third kappa shape index (κ3) is 5.03. The molecule has 0 bridgehead atoms. The number of hydrogen-bond donors (Lipinski definition) is 1. The quantitative estimate of drug-likeness (QED) is 0.358. The smallest absolute Gasteiger partial charge is 0.250 e. The largest absolute Gasteiger partial charge is 0.489 e. The zero-order chi connectivity index (χ0) is 20.9. The minimum Gasteiger partial charge on any atom is -0.489 e. The topological polar surface area (TPSA) is 51.2 Å². The number of benzene rings is 3. The highest BCUT2D eigenvalue weighted by Crippen LogP contribution is 2.26. The van der Waals surface area contributed by atoms with Crippen LogP contribution in [0.4, 0.5) is 9.52 Å². The van der Waals surface area contributed by atoms with Crippen LogP contribution in [0, 0.1) is 5.82 Å². The zero-order valence-corrected chi connectivity index (χ0v) is 17.2. The Morgan fingerprint density at radius 1 is 1.13 bits per heavy atom. The summed E-state index contributed by atoms with van der Waals surface area (Å²) in [5, 5.41) is 3.79. The van der Waals surface area contributed by atoms with Crippen LogP contribution in [-0.2, 0) is 11.4 Å². The molecule has 1 aromatic heterocycles. The molecular formula is C23H16ClFN2O2S. The van der Waals surface area contributed by atoms with Gasteiger partial charge in [0.1, 0.15) is 18.2 Å². The van der Waals surface area contributed by atoms with Gasteiger partial charge in [0.2, 0.25) is 5.91 Å². The van der Waals surface area contributed by atoms with Crippen molar-refractivity contribution in [2.75, 3.05) is 5.32 Å². The Bertz CT molecular complexity index is 1220. The van der Waals surface area contributed by atoms with Gasteiger partial charge in [0.25, 0.3) is 0 Å². The van der Waals surface area contributed by atoms with Crippen molar-refractivity contribution in [3.8, 4) is 5.75 Å². The van der Waals surface area contributed by atoms with Crippen molar-refractivity contribution in [2.24, 2.45) is 0 Å². The highest BCUT2D eigenvalue weighted by molar-refractivity contribution is 7.22. The molecule has 150 valence electrons. The Kier molecular flexibility index (Phi) is 6.07. The van der Waals surface area contributed by atoms with Gasteiger partial charge < -0.3 is 4.74 Å². The predicted octanol–water partition coefficient (Wildman–Crippen LogP) is 6.32. The van der Waals surface area contributed by atoms with Gasteiger partial charge >= 0.3 is 0 Å². The maximum Gasteiger partial charge on any atom is 0.250 e. The lowest BCUT2D eigenvalue weighted by atomic mass is 10.2. The van der Waals surface area contributed by atoms with Crippen LogP contribution in [0.15, 0.2) is 72.8 Å². The Labute approximate surface area is 181 Å². The summed E-state index contributed by atoms with van der Waals surface area (Å²) in [5.74, 6) is 0.0648. The molecule has 0 aliphatic heterocycles. The van der Waals surface area contributed by atoms with Crippen LogP contribution < -0.4 is 10.1 Å². The second-order valence-corrected chi connectivity index (χ2v) is 7.84. The van der Waals surface area contributed by atoms with E-state index in [2.05, 4.69) is 10.3 Å². The average molecular weight is 439 g/mol. The average Bonchev–Trinajstić information content (AvgIpc) is 3.13. The van der Waals surface area contributed by atoms with Gasteiger partial charge in [-0.1, -0.05) is 53.3 Å².